The molecular weight excluding hydrogens is 232 g/mol. The smallest absolute Gasteiger partial charge is 0.103 e. The minimum atomic E-state index is -0.302. The van der Waals surface area contributed by atoms with E-state index in [0.717, 1.165) is 42.7 Å². The Hall–Kier alpha value is -0.550. The fraction of sp³-hybridized carbons (Fsp3) is 0.941. The largest absolute Gasteiger partial charge is 0.286 e. The summed E-state index contributed by atoms with van der Waals surface area (Å²) < 4.78 is 0. The van der Waals surface area contributed by atoms with Gasteiger partial charge in [0.15, 0.2) is 0 Å². The van der Waals surface area contributed by atoms with Crippen molar-refractivity contribution >= 4 is 0 Å². The van der Waals surface area contributed by atoms with Crippen LogP contribution in [0.25, 0.3) is 0 Å². The second kappa shape index (κ2) is 4.77. The molecule has 0 atom stereocenters. The quantitative estimate of drug-likeness (QED) is 0.771. The first-order chi connectivity index (χ1) is 9.03. The fourth-order valence-corrected chi connectivity index (χ4v) is 5.41. The van der Waals surface area contributed by atoms with E-state index in [-0.39, 0.29) is 5.54 Å². The summed E-state index contributed by atoms with van der Waals surface area (Å²) in [5, 5.41) is 9.39. The van der Waals surface area contributed by atoms with Crippen molar-refractivity contribution in [3.63, 3.8) is 0 Å². The molecule has 4 rings (SSSR count). The van der Waals surface area contributed by atoms with Gasteiger partial charge in [0, 0.05) is 6.54 Å². The van der Waals surface area contributed by atoms with E-state index < -0.39 is 0 Å². The summed E-state index contributed by atoms with van der Waals surface area (Å²) in [6.45, 7) is 8.52. The van der Waals surface area contributed by atoms with Gasteiger partial charge in [0.2, 0.25) is 0 Å². The minimum Gasteiger partial charge on any atom is -0.286 e. The van der Waals surface area contributed by atoms with Gasteiger partial charge in [-0.15, -0.1) is 0 Å². The Bertz CT molecular complexity index is 351. The van der Waals surface area contributed by atoms with Crippen molar-refractivity contribution in [1.82, 2.24) is 4.90 Å². The Balaban J connectivity index is 1.71. The molecule has 0 aromatic carbocycles. The molecule has 106 valence electrons. The standard InChI is InChI=1S/C17H28N2/c1-4-19(17(2,3)11-18)10-16-14-6-12-5-13(8-14)9-15(16)7-12/h12-16H,4-10H2,1-3H3. The number of hydrogen-bond donors (Lipinski definition) is 0. The van der Waals surface area contributed by atoms with Crippen LogP contribution in [-0.4, -0.2) is 23.5 Å². The molecular formula is C17H28N2. The molecule has 0 aromatic heterocycles. The first-order valence-corrected chi connectivity index (χ1v) is 8.19. The molecule has 2 nitrogen and oxygen atoms in total. The van der Waals surface area contributed by atoms with Crippen LogP contribution in [0.5, 0.6) is 0 Å². The molecule has 4 saturated carbocycles. The lowest BCUT2D eigenvalue weighted by molar-refractivity contribution is -0.0552. The third kappa shape index (κ3) is 2.31. The van der Waals surface area contributed by atoms with E-state index >= 15 is 0 Å². The second-order valence-electron chi connectivity index (χ2n) is 7.80. The Morgan fingerprint density at radius 1 is 1.05 bits per heavy atom. The van der Waals surface area contributed by atoms with Crippen LogP contribution in [0.15, 0.2) is 0 Å². The maximum atomic E-state index is 9.39. The fourth-order valence-electron chi connectivity index (χ4n) is 5.41. The molecule has 0 aromatic rings. The third-order valence-electron chi connectivity index (χ3n) is 6.30. The van der Waals surface area contributed by atoms with Crippen molar-refractivity contribution in [1.29, 1.82) is 5.26 Å². The summed E-state index contributed by atoms with van der Waals surface area (Å²) in [5.74, 6) is 4.93. The molecule has 0 unspecified atom stereocenters. The molecule has 19 heavy (non-hydrogen) atoms. The SMILES string of the molecule is CCN(CC1C2CC3CC(C2)CC1C3)C(C)(C)C#N. The molecule has 0 aliphatic heterocycles. The predicted octanol–water partition coefficient (Wildman–Crippen LogP) is 3.68. The van der Waals surface area contributed by atoms with E-state index in [0.29, 0.717) is 0 Å². The Labute approximate surface area is 118 Å². The van der Waals surface area contributed by atoms with Crippen LogP contribution >= 0.6 is 0 Å². The predicted molar refractivity (Wildman–Crippen MR) is 77.5 cm³/mol. The van der Waals surface area contributed by atoms with Crippen molar-refractivity contribution in [2.45, 2.75) is 58.4 Å². The van der Waals surface area contributed by atoms with Crippen LogP contribution < -0.4 is 0 Å². The van der Waals surface area contributed by atoms with E-state index in [9.17, 15) is 5.26 Å². The highest BCUT2D eigenvalue weighted by atomic mass is 15.2. The van der Waals surface area contributed by atoms with Crippen LogP contribution in [-0.2, 0) is 0 Å². The van der Waals surface area contributed by atoms with Gasteiger partial charge in [-0.3, -0.25) is 4.90 Å². The van der Waals surface area contributed by atoms with E-state index in [2.05, 4.69) is 31.7 Å². The van der Waals surface area contributed by atoms with Crippen molar-refractivity contribution in [3.8, 4) is 6.07 Å². The summed E-state index contributed by atoms with van der Waals surface area (Å²) in [4.78, 5) is 2.42. The van der Waals surface area contributed by atoms with Gasteiger partial charge in [-0.2, -0.15) is 5.26 Å². The number of nitrogens with zero attached hydrogens (tertiary/aromatic N) is 2. The van der Waals surface area contributed by atoms with E-state index in [1.165, 1.54) is 32.1 Å². The summed E-state index contributed by atoms with van der Waals surface area (Å²) >= 11 is 0. The zero-order valence-electron chi connectivity index (χ0n) is 12.7. The molecule has 0 saturated heterocycles. The number of nitriles is 1. The topological polar surface area (TPSA) is 27.0 Å². The maximum Gasteiger partial charge on any atom is 0.103 e. The van der Waals surface area contributed by atoms with E-state index in [1.54, 1.807) is 0 Å². The normalized spacial score (nSPS) is 40.7. The Morgan fingerprint density at radius 3 is 2.00 bits per heavy atom. The van der Waals surface area contributed by atoms with Crippen LogP contribution in [0.3, 0.4) is 0 Å². The lowest BCUT2D eigenvalue weighted by Gasteiger charge is -2.55. The molecule has 0 radical (unpaired) electrons. The van der Waals surface area contributed by atoms with E-state index in [1.807, 2.05) is 0 Å². The highest BCUT2D eigenvalue weighted by molar-refractivity contribution is 5.04. The molecule has 0 N–H and O–H groups in total. The minimum absolute atomic E-state index is 0.302. The first kappa shape index (κ1) is 13.4. The molecule has 2 heteroatoms. The van der Waals surface area contributed by atoms with Gasteiger partial charge in [0.25, 0.3) is 0 Å². The Morgan fingerprint density at radius 2 is 1.58 bits per heavy atom. The summed E-state index contributed by atoms with van der Waals surface area (Å²) in [7, 11) is 0. The molecule has 0 heterocycles. The van der Waals surface area contributed by atoms with Crippen LogP contribution in [0.4, 0.5) is 0 Å². The van der Waals surface area contributed by atoms with Gasteiger partial charge < -0.3 is 0 Å². The highest BCUT2D eigenvalue weighted by Crippen LogP contribution is 2.56. The van der Waals surface area contributed by atoms with Gasteiger partial charge in [-0.1, -0.05) is 6.92 Å². The molecule has 4 bridgehead atoms. The average molecular weight is 260 g/mol. The monoisotopic (exact) mass is 260 g/mol. The first-order valence-electron chi connectivity index (χ1n) is 8.19. The highest BCUT2D eigenvalue weighted by Gasteiger charge is 2.48. The van der Waals surface area contributed by atoms with Gasteiger partial charge in [0.1, 0.15) is 5.54 Å². The molecule has 4 fully saturated rings. The lowest BCUT2D eigenvalue weighted by Crippen LogP contribution is -2.52. The van der Waals surface area contributed by atoms with Gasteiger partial charge in [-0.05, 0) is 82.1 Å². The van der Waals surface area contributed by atoms with Gasteiger partial charge in [-0.25, -0.2) is 0 Å². The molecule has 4 aliphatic carbocycles. The van der Waals surface area contributed by atoms with Crippen molar-refractivity contribution in [2.75, 3.05) is 13.1 Å². The Kier molecular flexibility index (Phi) is 3.38. The summed E-state index contributed by atoms with van der Waals surface area (Å²) in [6, 6.07) is 2.49. The zero-order valence-corrected chi connectivity index (χ0v) is 12.7. The van der Waals surface area contributed by atoms with Crippen LogP contribution in [0.1, 0.15) is 52.9 Å². The zero-order chi connectivity index (χ0) is 13.6. The second-order valence-corrected chi connectivity index (χ2v) is 7.80. The summed E-state index contributed by atoms with van der Waals surface area (Å²) in [5.41, 5.74) is -0.302. The molecule has 0 amide bonds. The molecule has 0 spiro atoms. The summed E-state index contributed by atoms with van der Waals surface area (Å²) in [6.07, 6.45) is 7.48. The number of rotatable bonds is 4. The third-order valence-corrected chi connectivity index (χ3v) is 6.30. The molecule has 4 aliphatic rings. The van der Waals surface area contributed by atoms with Crippen molar-refractivity contribution in [3.05, 3.63) is 0 Å². The van der Waals surface area contributed by atoms with Crippen LogP contribution in [0.2, 0.25) is 0 Å². The maximum absolute atomic E-state index is 9.39. The van der Waals surface area contributed by atoms with Crippen molar-refractivity contribution < 1.29 is 0 Å². The lowest BCUT2D eigenvalue weighted by atomic mass is 9.52. The van der Waals surface area contributed by atoms with Gasteiger partial charge >= 0.3 is 0 Å². The van der Waals surface area contributed by atoms with Gasteiger partial charge in [0.05, 0.1) is 6.07 Å². The van der Waals surface area contributed by atoms with Crippen molar-refractivity contribution in [2.24, 2.45) is 29.6 Å². The number of hydrogen-bond acceptors (Lipinski definition) is 2. The van der Waals surface area contributed by atoms with Crippen LogP contribution in [0, 0.1) is 40.9 Å². The average Bonchev–Trinajstić information content (AvgIpc) is 2.37. The van der Waals surface area contributed by atoms with E-state index in [4.69, 9.17) is 0 Å².